The first kappa shape index (κ1) is 11.4. The third-order valence-corrected chi connectivity index (χ3v) is 2.69. The molecule has 1 saturated carbocycles. The van der Waals surface area contributed by atoms with Gasteiger partial charge in [-0.15, -0.1) is 0 Å². The topological polar surface area (TPSA) is 42.4 Å². The Kier molecular flexibility index (Phi) is 3.14. The molecule has 4 nitrogen and oxygen atoms in total. The Balaban J connectivity index is 2.30. The van der Waals surface area contributed by atoms with Crippen LogP contribution >= 0.6 is 15.9 Å². The van der Waals surface area contributed by atoms with Crippen LogP contribution in [0.1, 0.15) is 23.3 Å². The van der Waals surface area contributed by atoms with E-state index in [1.165, 1.54) is 4.90 Å². The standard InChI is InChI=1S/C11H13BrN2O2/c1-14(2)11(15)10-8(16-7-3-4-7)5-6-9(12)13-10/h5-7H,3-4H2,1-2H3. The fraction of sp³-hybridized carbons (Fsp3) is 0.455. The molecule has 1 aromatic heterocycles. The predicted molar refractivity (Wildman–Crippen MR) is 63.6 cm³/mol. The lowest BCUT2D eigenvalue weighted by Crippen LogP contribution is -2.23. The maximum absolute atomic E-state index is 11.9. The number of pyridine rings is 1. The molecule has 0 aliphatic heterocycles. The van der Waals surface area contributed by atoms with E-state index in [-0.39, 0.29) is 12.0 Å². The second-order valence-corrected chi connectivity index (χ2v) is 4.81. The summed E-state index contributed by atoms with van der Waals surface area (Å²) in [7, 11) is 3.40. The predicted octanol–water partition coefficient (Wildman–Crippen LogP) is 2.09. The van der Waals surface area contributed by atoms with Gasteiger partial charge in [0.05, 0.1) is 6.10 Å². The Morgan fingerprint density at radius 3 is 2.75 bits per heavy atom. The summed E-state index contributed by atoms with van der Waals surface area (Å²) in [5.74, 6) is 0.432. The first-order chi connectivity index (χ1) is 7.58. The monoisotopic (exact) mass is 284 g/mol. The summed E-state index contributed by atoms with van der Waals surface area (Å²) in [5, 5.41) is 0. The fourth-order valence-corrected chi connectivity index (χ4v) is 1.56. The van der Waals surface area contributed by atoms with E-state index in [1.807, 2.05) is 0 Å². The number of amides is 1. The first-order valence-corrected chi connectivity index (χ1v) is 5.92. The molecule has 1 amide bonds. The van der Waals surface area contributed by atoms with Crippen molar-refractivity contribution in [2.75, 3.05) is 14.1 Å². The van der Waals surface area contributed by atoms with E-state index >= 15 is 0 Å². The number of hydrogen-bond acceptors (Lipinski definition) is 3. The van der Waals surface area contributed by atoms with Crippen LogP contribution in [0.15, 0.2) is 16.7 Å². The zero-order valence-electron chi connectivity index (χ0n) is 9.24. The van der Waals surface area contributed by atoms with Crippen LogP contribution in [0.2, 0.25) is 0 Å². The third kappa shape index (κ3) is 2.52. The molecule has 0 spiro atoms. The number of halogens is 1. The normalized spacial score (nSPS) is 14.7. The van der Waals surface area contributed by atoms with Gasteiger partial charge in [0.15, 0.2) is 11.4 Å². The van der Waals surface area contributed by atoms with E-state index in [9.17, 15) is 4.79 Å². The summed E-state index contributed by atoms with van der Waals surface area (Å²) < 4.78 is 6.29. The molecule has 0 saturated heterocycles. The number of ether oxygens (including phenoxy) is 1. The molecule has 5 heteroatoms. The molecule has 0 unspecified atom stereocenters. The van der Waals surface area contributed by atoms with Gasteiger partial charge >= 0.3 is 0 Å². The molecule has 0 radical (unpaired) electrons. The van der Waals surface area contributed by atoms with Crippen LogP contribution in [0.25, 0.3) is 0 Å². The lowest BCUT2D eigenvalue weighted by molar-refractivity contribution is 0.0816. The van der Waals surface area contributed by atoms with Gasteiger partial charge < -0.3 is 9.64 Å². The Morgan fingerprint density at radius 2 is 2.19 bits per heavy atom. The Bertz CT molecular complexity index is 416. The number of hydrogen-bond donors (Lipinski definition) is 0. The Labute approximate surface area is 103 Å². The van der Waals surface area contributed by atoms with Gasteiger partial charge in [-0.3, -0.25) is 4.79 Å². The quantitative estimate of drug-likeness (QED) is 0.799. The SMILES string of the molecule is CN(C)C(=O)c1nc(Br)ccc1OC1CC1. The van der Waals surface area contributed by atoms with Crippen LogP contribution in [0.4, 0.5) is 0 Å². The second-order valence-electron chi connectivity index (χ2n) is 4.00. The van der Waals surface area contributed by atoms with Crippen LogP contribution in [0, 0.1) is 0 Å². The van der Waals surface area contributed by atoms with Gasteiger partial charge in [0.1, 0.15) is 4.60 Å². The molecule has 1 fully saturated rings. The summed E-state index contributed by atoms with van der Waals surface area (Å²) >= 11 is 3.26. The first-order valence-electron chi connectivity index (χ1n) is 5.13. The third-order valence-electron chi connectivity index (χ3n) is 2.25. The largest absolute Gasteiger partial charge is 0.488 e. The van der Waals surface area contributed by atoms with Gasteiger partial charge in [-0.25, -0.2) is 4.98 Å². The smallest absolute Gasteiger partial charge is 0.275 e. The summed E-state index contributed by atoms with van der Waals surface area (Å²) in [5.41, 5.74) is 0.367. The van der Waals surface area contributed by atoms with Gasteiger partial charge in [-0.2, -0.15) is 0 Å². The van der Waals surface area contributed by atoms with Crippen LogP contribution in [-0.2, 0) is 0 Å². The van der Waals surface area contributed by atoms with Crippen LogP contribution < -0.4 is 4.74 Å². The van der Waals surface area contributed by atoms with Gasteiger partial charge in [0.2, 0.25) is 0 Å². The molecular formula is C11H13BrN2O2. The molecule has 0 atom stereocenters. The summed E-state index contributed by atoms with van der Waals surface area (Å²) in [6, 6.07) is 3.57. The van der Waals surface area contributed by atoms with E-state index < -0.39 is 0 Å². The van der Waals surface area contributed by atoms with Crippen molar-refractivity contribution in [3.05, 3.63) is 22.4 Å². The van der Waals surface area contributed by atoms with Crippen molar-refractivity contribution in [2.24, 2.45) is 0 Å². The maximum atomic E-state index is 11.9. The highest BCUT2D eigenvalue weighted by Gasteiger charge is 2.26. The van der Waals surface area contributed by atoms with E-state index in [0.29, 0.717) is 16.0 Å². The highest BCUT2D eigenvalue weighted by molar-refractivity contribution is 9.10. The molecule has 1 aromatic rings. The molecule has 0 bridgehead atoms. The number of rotatable bonds is 3. The molecule has 1 aliphatic rings. The van der Waals surface area contributed by atoms with Gasteiger partial charge in [-0.05, 0) is 40.9 Å². The Morgan fingerprint density at radius 1 is 1.50 bits per heavy atom. The molecular weight excluding hydrogens is 272 g/mol. The summed E-state index contributed by atoms with van der Waals surface area (Å²) in [4.78, 5) is 17.6. The van der Waals surface area contributed by atoms with Crippen molar-refractivity contribution in [1.82, 2.24) is 9.88 Å². The van der Waals surface area contributed by atoms with Crippen molar-refractivity contribution in [1.29, 1.82) is 0 Å². The molecule has 86 valence electrons. The number of carbonyl (C=O) groups is 1. The van der Waals surface area contributed by atoms with Crippen LogP contribution in [0.3, 0.4) is 0 Å². The Hall–Kier alpha value is -1.10. The highest BCUT2D eigenvalue weighted by Crippen LogP contribution is 2.29. The molecule has 1 aliphatic carbocycles. The van der Waals surface area contributed by atoms with E-state index in [1.54, 1.807) is 26.2 Å². The average Bonchev–Trinajstić information content (AvgIpc) is 3.03. The summed E-state index contributed by atoms with van der Waals surface area (Å²) in [6.45, 7) is 0. The van der Waals surface area contributed by atoms with Crippen molar-refractivity contribution < 1.29 is 9.53 Å². The number of carbonyl (C=O) groups excluding carboxylic acids is 1. The number of nitrogens with zero attached hydrogens (tertiary/aromatic N) is 2. The molecule has 0 N–H and O–H groups in total. The minimum absolute atomic E-state index is 0.142. The minimum atomic E-state index is -0.142. The summed E-state index contributed by atoms with van der Waals surface area (Å²) in [6.07, 6.45) is 2.38. The van der Waals surface area contributed by atoms with Crippen LogP contribution in [0.5, 0.6) is 5.75 Å². The van der Waals surface area contributed by atoms with E-state index in [4.69, 9.17) is 4.74 Å². The molecule has 0 aromatic carbocycles. The molecule has 1 heterocycles. The highest BCUT2D eigenvalue weighted by atomic mass is 79.9. The lowest BCUT2D eigenvalue weighted by Gasteiger charge is -2.13. The van der Waals surface area contributed by atoms with Crippen molar-refractivity contribution >= 4 is 21.8 Å². The van der Waals surface area contributed by atoms with Gasteiger partial charge in [0, 0.05) is 14.1 Å². The molecule has 16 heavy (non-hydrogen) atoms. The maximum Gasteiger partial charge on any atom is 0.275 e. The zero-order chi connectivity index (χ0) is 11.7. The van der Waals surface area contributed by atoms with Crippen molar-refractivity contribution in [3.63, 3.8) is 0 Å². The van der Waals surface area contributed by atoms with E-state index in [2.05, 4.69) is 20.9 Å². The number of aromatic nitrogens is 1. The zero-order valence-corrected chi connectivity index (χ0v) is 10.8. The van der Waals surface area contributed by atoms with Crippen LogP contribution in [-0.4, -0.2) is 36.0 Å². The molecule has 2 rings (SSSR count). The van der Waals surface area contributed by atoms with Gasteiger partial charge in [0.25, 0.3) is 5.91 Å². The van der Waals surface area contributed by atoms with E-state index in [0.717, 1.165) is 12.8 Å². The second kappa shape index (κ2) is 4.41. The minimum Gasteiger partial charge on any atom is -0.488 e. The average molecular weight is 285 g/mol. The van der Waals surface area contributed by atoms with Crippen molar-refractivity contribution in [2.45, 2.75) is 18.9 Å². The lowest BCUT2D eigenvalue weighted by atomic mass is 10.3. The van der Waals surface area contributed by atoms with Crippen molar-refractivity contribution in [3.8, 4) is 5.75 Å². The fourth-order valence-electron chi connectivity index (χ4n) is 1.25. The van der Waals surface area contributed by atoms with Gasteiger partial charge in [-0.1, -0.05) is 0 Å².